The molecule has 3 saturated heterocycles. The lowest BCUT2D eigenvalue weighted by Crippen LogP contribution is -2.58. The molecule has 4 aromatic rings. The van der Waals surface area contributed by atoms with Gasteiger partial charge in [0.05, 0.1) is 37.0 Å². The van der Waals surface area contributed by atoms with Gasteiger partial charge in [0.1, 0.15) is 12.2 Å². The van der Waals surface area contributed by atoms with Crippen molar-refractivity contribution in [3.8, 4) is 0 Å². The van der Waals surface area contributed by atoms with Crippen molar-refractivity contribution in [2.45, 2.75) is 55.5 Å². The van der Waals surface area contributed by atoms with E-state index in [1.54, 1.807) is 0 Å². The molecule has 4 aromatic carbocycles. The second-order valence-electron chi connectivity index (χ2n) is 12.7. The Hall–Kier alpha value is -3.24. The zero-order valence-corrected chi connectivity index (χ0v) is 23.7. The van der Waals surface area contributed by atoms with Gasteiger partial charge in [0.15, 0.2) is 5.79 Å². The number of hydrogen-bond acceptors (Lipinski definition) is 2. The van der Waals surface area contributed by atoms with E-state index < -0.39 is 5.79 Å². The van der Waals surface area contributed by atoms with E-state index in [0.29, 0.717) is 0 Å². The highest BCUT2D eigenvalue weighted by Gasteiger charge is 2.68. The van der Waals surface area contributed by atoms with Crippen LogP contribution in [-0.2, 0) is 20.3 Å². The number of quaternary nitrogens is 1. The summed E-state index contributed by atoms with van der Waals surface area (Å²) in [6, 6.07) is 44.6. The number of ether oxygens (including phenoxy) is 2. The third kappa shape index (κ3) is 3.98. The molecule has 204 valence electrons. The summed E-state index contributed by atoms with van der Waals surface area (Å²) in [5, 5.41) is 0. The zero-order valence-electron chi connectivity index (χ0n) is 23.7. The van der Waals surface area contributed by atoms with Crippen molar-refractivity contribution in [1.29, 1.82) is 0 Å². The molecule has 3 heterocycles. The van der Waals surface area contributed by atoms with Crippen LogP contribution in [0.4, 0.5) is 0 Å². The number of nitrogens with zero attached hydrogens (tertiary/aromatic N) is 1. The second-order valence-corrected chi connectivity index (χ2v) is 12.7. The summed E-state index contributed by atoms with van der Waals surface area (Å²) >= 11 is 0. The highest BCUT2D eigenvalue weighted by atomic mass is 16.8. The van der Waals surface area contributed by atoms with Gasteiger partial charge >= 0.3 is 0 Å². The first-order valence-corrected chi connectivity index (χ1v) is 14.9. The molecule has 0 aromatic heterocycles. The van der Waals surface area contributed by atoms with Crippen LogP contribution in [0.3, 0.4) is 0 Å². The van der Waals surface area contributed by atoms with Crippen LogP contribution in [0.25, 0.3) is 0 Å². The fourth-order valence-electron chi connectivity index (χ4n) is 8.40. The van der Waals surface area contributed by atoms with Gasteiger partial charge < -0.3 is 14.0 Å². The fourth-order valence-corrected chi connectivity index (χ4v) is 8.40. The second kappa shape index (κ2) is 9.69. The molecule has 0 radical (unpaired) electrons. The number of benzene rings is 4. The average Bonchev–Trinajstić information content (AvgIpc) is 3.57. The van der Waals surface area contributed by atoms with Crippen LogP contribution in [0.15, 0.2) is 121 Å². The van der Waals surface area contributed by atoms with E-state index in [0.717, 1.165) is 17.6 Å². The minimum atomic E-state index is -0.716. The predicted molar refractivity (Wildman–Crippen MR) is 160 cm³/mol. The summed E-state index contributed by atoms with van der Waals surface area (Å²) in [7, 11) is 0. The Labute approximate surface area is 239 Å². The van der Waals surface area contributed by atoms with E-state index in [1.807, 2.05) is 0 Å². The molecule has 3 aliphatic heterocycles. The Balaban J connectivity index is 1.59. The minimum Gasteiger partial charge on any atom is -0.343 e. The molecule has 1 spiro atoms. The number of fused-ring (bicyclic) bond motifs is 1. The molecule has 3 fully saturated rings. The lowest BCUT2D eigenvalue weighted by Gasteiger charge is -2.46. The van der Waals surface area contributed by atoms with Gasteiger partial charge in [0, 0.05) is 12.8 Å². The van der Waals surface area contributed by atoms with Crippen LogP contribution in [0.5, 0.6) is 0 Å². The molecule has 3 nitrogen and oxygen atoms in total. The summed E-state index contributed by atoms with van der Waals surface area (Å²) in [5.41, 5.74) is 4.52. The molecule has 7 rings (SSSR count). The van der Waals surface area contributed by atoms with Crippen molar-refractivity contribution in [2.24, 2.45) is 0 Å². The summed E-state index contributed by atoms with van der Waals surface area (Å²) in [5.74, 6) is -0.716. The quantitative estimate of drug-likeness (QED) is 0.262. The first-order valence-electron chi connectivity index (χ1n) is 14.9. The largest absolute Gasteiger partial charge is 0.343 e. The minimum absolute atomic E-state index is 0.189. The molecule has 0 saturated carbocycles. The van der Waals surface area contributed by atoms with Gasteiger partial charge in [-0.25, -0.2) is 0 Å². The van der Waals surface area contributed by atoms with E-state index in [9.17, 15) is 0 Å². The standard InChI is InChI=1S/C37H40NO2/c1-35(2)39-33-34(40-35)37(31-21-11-5-12-22-31,32-23-13-6-14-24-32)28-38(25-15-16-26-38)27-36(33,29-17-7-3-8-18-29)30-19-9-4-10-20-30/h3-14,17-24,33-34H,15-16,25-28H2,1-2H3/q+1/t33-,34-/m1/s1. The van der Waals surface area contributed by atoms with Crippen molar-refractivity contribution in [1.82, 2.24) is 0 Å². The SMILES string of the molecule is CC1(C)O[C@@H]2[C@@H](O1)C(c1ccccc1)(c1ccccc1)C[N+]1(CCCC1)CC2(c1ccccc1)c1ccccc1. The van der Waals surface area contributed by atoms with Gasteiger partial charge in [0.2, 0.25) is 0 Å². The Morgan fingerprint density at radius 3 is 1.10 bits per heavy atom. The molecule has 0 N–H and O–H groups in total. The molecule has 40 heavy (non-hydrogen) atoms. The van der Waals surface area contributed by atoms with Gasteiger partial charge in [-0.3, -0.25) is 0 Å². The van der Waals surface area contributed by atoms with E-state index >= 15 is 0 Å². The van der Waals surface area contributed by atoms with Crippen LogP contribution in [-0.4, -0.2) is 48.7 Å². The summed E-state index contributed by atoms with van der Waals surface area (Å²) < 4.78 is 15.5. The lowest BCUT2D eigenvalue weighted by molar-refractivity contribution is -0.922. The first-order chi connectivity index (χ1) is 19.5. The molecule has 0 amide bonds. The lowest BCUT2D eigenvalue weighted by atomic mass is 9.62. The Kier molecular flexibility index (Phi) is 6.23. The van der Waals surface area contributed by atoms with Crippen LogP contribution >= 0.6 is 0 Å². The average molecular weight is 531 g/mol. The smallest absolute Gasteiger partial charge is 0.163 e. The van der Waals surface area contributed by atoms with Crippen molar-refractivity contribution >= 4 is 0 Å². The van der Waals surface area contributed by atoms with E-state index in [4.69, 9.17) is 9.47 Å². The van der Waals surface area contributed by atoms with Crippen LogP contribution in [0.2, 0.25) is 0 Å². The maximum atomic E-state index is 7.23. The summed E-state index contributed by atoms with van der Waals surface area (Å²) in [6.45, 7) is 8.52. The Morgan fingerprint density at radius 2 is 0.800 bits per heavy atom. The molecular formula is C37H40NO2+. The third-order valence-electron chi connectivity index (χ3n) is 9.91. The van der Waals surface area contributed by atoms with Gasteiger partial charge in [-0.05, 0) is 36.1 Å². The Bertz CT molecular complexity index is 1250. The van der Waals surface area contributed by atoms with Crippen molar-refractivity contribution < 1.29 is 14.0 Å². The molecule has 0 aliphatic carbocycles. The molecular weight excluding hydrogens is 490 g/mol. The van der Waals surface area contributed by atoms with Gasteiger partial charge in [-0.15, -0.1) is 0 Å². The normalized spacial score (nSPS) is 25.8. The molecule has 3 aliphatic rings. The summed E-state index contributed by atoms with van der Waals surface area (Å²) in [6.07, 6.45) is 2.13. The van der Waals surface area contributed by atoms with E-state index in [-0.39, 0.29) is 23.0 Å². The van der Waals surface area contributed by atoms with Crippen molar-refractivity contribution in [2.75, 3.05) is 26.2 Å². The van der Waals surface area contributed by atoms with Gasteiger partial charge in [-0.2, -0.15) is 0 Å². The van der Waals surface area contributed by atoms with E-state index in [2.05, 4.69) is 135 Å². The van der Waals surface area contributed by atoms with Gasteiger partial charge in [0.25, 0.3) is 0 Å². The van der Waals surface area contributed by atoms with Crippen molar-refractivity contribution in [3.63, 3.8) is 0 Å². The first kappa shape index (κ1) is 25.7. The predicted octanol–water partition coefficient (Wildman–Crippen LogP) is 7.10. The van der Waals surface area contributed by atoms with Crippen molar-refractivity contribution in [3.05, 3.63) is 144 Å². The number of rotatable bonds is 4. The monoisotopic (exact) mass is 530 g/mol. The summed E-state index contributed by atoms with van der Waals surface area (Å²) in [4.78, 5) is 0. The molecule has 3 heteroatoms. The number of hydrogen-bond donors (Lipinski definition) is 0. The van der Waals surface area contributed by atoms with Crippen LogP contribution < -0.4 is 0 Å². The Morgan fingerprint density at radius 1 is 0.500 bits per heavy atom. The highest BCUT2D eigenvalue weighted by Crippen LogP contribution is 2.56. The highest BCUT2D eigenvalue weighted by molar-refractivity contribution is 5.48. The topological polar surface area (TPSA) is 18.5 Å². The molecule has 2 atom stereocenters. The fraction of sp³-hybridized carbons (Fsp3) is 0.351. The molecule has 0 unspecified atom stereocenters. The molecule has 0 bridgehead atoms. The maximum absolute atomic E-state index is 7.23. The van der Waals surface area contributed by atoms with Crippen LogP contribution in [0, 0.1) is 0 Å². The zero-order chi connectivity index (χ0) is 27.3. The maximum Gasteiger partial charge on any atom is 0.163 e. The van der Waals surface area contributed by atoms with E-state index in [1.165, 1.54) is 48.2 Å². The van der Waals surface area contributed by atoms with Gasteiger partial charge in [-0.1, -0.05) is 121 Å². The van der Waals surface area contributed by atoms with Crippen LogP contribution in [0.1, 0.15) is 48.9 Å². The third-order valence-corrected chi connectivity index (χ3v) is 9.91.